The molecule has 0 bridgehead atoms. The first-order valence-corrected chi connectivity index (χ1v) is 8.56. The molecular formula is C20H19N5O4. The van der Waals surface area contributed by atoms with E-state index in [2.05, 4.69) is 20.3 Å². The number of oxazole rings is 1. The summed E-state index contributed by atoms with van der Waals surface area (Å²) in [6.45, 7) is 1.36. The molecule has 0 aliphatic rings. The van der Waals surface area contributed by atoms with Gasteiger partial charge in [-0.15, -0.1) is 0 Å². The number of aliphatic hydroxyl groups is 1. The van der Waals surface area contributed by atoms with Crippen molar-refractivity contribution >= 4 is 40.9 Å². The van der Waals surface area contributed by atoms with Crippen LogP contribution in [0, 0.1) is 0 Å². The fraction of sp³-hybridized carbons (Fsp3) is 0.100. The lowest BCUT2D eigenvalue weighted by atomic mass is 10.2. The van der Waals surface area contributed by atoms with Crippen molar-refractivity contribution in [3.05, 3.63) is 59.9 Å². The number of aliphatic imine (C=N–C) groups is 2. The summed E-state index contributed by atoms with van der Waals surface area (Å²) >= 11 is 0. The molecule has 3 rings (SSSR count). The Bertz CT molecular complexity index is 1090. The molecule has 148 valence electrons. The number of carbonyl (C=O) groups excluding carboxylic acids is 1. The average molecular weight is 393 g/mol. The summed E-state index contributed by atoms with van der Waals surface area (Å²) in [7, 11) is 1.49. The van der Waals surface area contributed by atoms with Gasteiger partial charge in [0.15, 0.2) is 5.58 Å². The minimum atomic E-state index is -0.590. The van der Waals surface area contributed by atoms with Crippen LogP contribution in [-0.4, -0.2) is 35.3 Å². The molecule has 9 nitrogen and oxygen atoms in total. The van der Waals surface area contributed by atoms with Gasteiger partial charge in [0, 0.05) is 6.21 Å². The highest BCUT2D eigenvalue weighted by atomic mass is 16.5. The van der Waals surface area contributed by atoms with Crippen molar-refractivity contribution in [2.24, 2.45) is 15.7 Å². The zero-order valence-electron chi connectivity index (χ0n) is 15.8. The summed E-state index contributed by atoms with van der Waals surface area (Å²) in [5.41, 5.74) is 7.32. The number of ether oxygens (including phenoxy) is 1. The van der Waals surface area contributed by atoms with Crippen LogP contribution in [0.3, 0.4) is 0 Å². The van der Waals surface area contributed by atoms with Crippen molar-refractivity contribution in [2.45, 2.75) is 6.92 Å². The highest BCUT2D eigenvalue weighted by Crippen LogP contribution is 2.23. The number of guanidine groups is 1. The molecule has 3 aromatic rings. The van der Waals surface area contributed by atoms with Gasteiger partial charge in [0.05, 0.1) is 18.4 Å². The number of benzene rings is 2. The van der Waals surface area contributed by atoms with Crippen LogP contribution in [0.5, 0.6) is 5.75 Å². The molecule has 0 atom stereocenters. The van der Waals surface area contributed by atoms with Crippen molar-refractivity contribution < 1.29 is 19.1 Å². The zero-order valence-corrected chi connectivity index (χ0v) is 15.8. The van der Waals surface area contributed by atoms with Gasteiger partial charge in [0.25, 0.3) is 5.91 Å². The second kappa shape index (κ2) is 8.70. The van der Waals surface area contributed by atoms with Crippen molar-refractivity contribution in [2.75, 3.05) is 12.4 Å². The molecule has 2 aromatic carbocycles. The Labute approximate surface area is 166 Å². The number of methoxy groups -OCH3 is 1. The molecule has 0 radical (unpaired) electrons. The lowest BCUT2D eigenvalue weighted by Crippen LogP contribution is -2.18. The van der Waals surface area contributed by atoms with E-state index in [1.54, 1.807) is 36.4 Å². The number of anilines is 1. The summed E-state index contributed by atoms with van der Waals surface area (Å²) < 4.78 is 10.6. The summed E-state index contributed by atoms with van der Waals surface area (Å²) in [5, 5.41) is 12.5. The second-order valence-electron chi connectivity index (χ2n) is 5.85. The number of hydrogen-bond acceptors (Lipinski definition) is 6. The first-order chi connectivity index (χ1) is 14.0. The SMILES string of the molecule is COc1ccccc1NC(=O)C(C=NC(N)=Nc1nc2ccccc2o1)=C(C)O. The topological polar surface area (TPSA) is 135 Å². The van der Waals surface area contributed by atoms with Crippen LogP contribution in [0.4, 0.5) is 11.7 Å². The Morgan fingerprint density at radius 3 is 2.69 bits per heavy atom. The Hall–Kier alpha value is -4.14. The third-order valence-corrected chi connectivity index (χ3v) is 3.81. The molecule has 0 fully saturated rings. The Kier molecular flexibility index (Phi) is 5.88. The number of nitrogens with one attached hydrogen (secondary N) is 1. The van der Waals surface area contributed by atoms with Gasteiger partial charge in [-0.05, 0) is 31.2 Å². The summed E-state index contributed by atoms with van der Waals surface area (Å²) in [6.07, 6.45) is 1.11. The Balaban J connectivity index is 1.78. The standard InChI is InChI=1S/C20H19N5O4/c1-12(26)13(18(27)23-14-7-3-5-9-16(14)28-2)11-22-19(21)25-20-24-15-8-4-6-10-17(15)29-20/h3-11,26H,1-2H3,(H,23,27)(H2,21,24,25). The number of carbonyl (C=O) groups is 1. The van der Waals surface area contributed by atoms with Gasteiger partial charge in [0.2, 0.25) is 5.96 Å². The van der Waals surface area contributed by atoms with Crippen LogP contribution < -0.4 is 15.8 Å². The van der Waals surface area contributed by atoms with E-state index in [9.17, 15) is 9.90 Å². The van der Waals surface area contributed by atoms with E-state index in [-0.39, 0.29) is 23.3 Å². The zero-order chi connectivity index (χ0) is 20.8. The molecule has 1 aromatic heterocycles. The van der Waals surface area contributed by atoms with Crippen molar-refractivity contribution in [1.29, 1.82) is 0 Å². The van der Waals surface area contributed by atoms with Gasteiger partial charge in [-0.25, -0.2) is 4.99 Å². The molecule has 1 heterocycles. The highest BCUT2D eigenvalue weighted by Gasteiger charge is 2.14. The Morgan fingerprint density at radius 2 is 1.97 bits per heavy atom. The third kappa shape index (κ3) is 4.78. The lowest BCUT2D eigenvalue weighted by Gasteiger charge is -2.10. The van der Waals surface area contributed by atoms with Gasteiger partial charge in [-0.1, -0.05) is 24.3 Å². The van der Waals surface area contributed by atoms with E-state index in [1.165, 1.54) is 14.0 Å². The van der Waals surface area contributed by atoms with Crippen molar-refractivity contribution in [3.8, 4) is 5.75 Å². The predicted octanol–water partition coefficient (Wildman–Crippen LogP) is 3.32. The van der Waals surface area contributed by atoms with Gasteiger partial charge in [-0.3, -0.25) is 4.79 Å². The number of fused-ring (bicyclic) bond motifs is 1. The van der Waals surface area contributed by atoms with Crippen LogP contribution in [0.25, 0.3) is 11.1 Å². The molecule has 0 aliphatic heterocycles. The molecule has 0 unspecified atom stereocenters. The quantitative estimate of drug-likeness (QED) is 0.263. The molecule has 9 heteroatoms. The summed E-state index contributed by atoms with van der Waals surface area (Å²) in [5.74, 6) is -0.547. The van der Waals surface area contributed by atoms with Crippen molar-refractivity contribution in [1.82, 2.24) is 4.98 Å². The molecule has 1 amide bonds. The van der Waals surface area contributed by atoms with Gasteiger partial charge in [0.1, 0.15) is 17.0 Å². The number of rotatable bonds is 5. The van der Waals surface area contributed by atoms with Gasteiger partial charge >= 0.3 is 6.01 Å². The minimum Gasteiger partial charge on any atom is -0.512 e. The van der Waals surface area contributed by atoms with Crippen LogP contribution in [0.1, 0.15) is 6.92 Å². The van der Waals surface area contributed by atoms with Crippen LogP contribution in [0.2, 0.25) is 0 Å². The number of hydrogen-bond donors (Lipinski definition) is 3. The van der Waals surface area contributed by atoms with E-state index in [0.717, 1.165) is 6.21 Å². The van der Waals surface area contributed by atoms with Gasteiger partial charge in [-0.2, -0.15) is 9.98 Å². The van der Waals surface area contributed by atoms with E-state index in [4.69, 9.17) is 14.9 Å². The fourth-order valence-electron chi connectivity index (χ4n) is 2.42. The number of nitrogens with zero attached hydrogens (tertiary/aromatic N) is 3. The number of nitrogens with two attached hydrogens (primary N) is 1. The monoisotopic (exact) mass is 393 g/mol. The maximum atomic E-state index is 12.5. The molecule has 29 heavy (non-hydrogen) atoms. The molecule has 0 saturated carbocycles. The van der Waals surface area contributed by atoms with Gasteiger partial charge < -0.3 is 25.3 Å². The largest absolute Gasteiger partial charge is 0.512 e. The van der Waals surface area contributed by atoms with Crippen LogP contribution >= 0.6 is 0 Å². The highest BCUT2D eigenvalue weighted by molar-refractivity contribution is 6.19. The van der Waals surface area contributed by atoms with Crippen molar-refractivity contribution in [3.63, 3.8) is 0 Å². The number of allylic oxidation sites excluding steroid dienone is 1. The molecule has 0 spiro atoms. The summed E-state index contributed by atoms with van der Waals surface area (Å²) in [4.78, 5) is 24.6. The normalized spacial score (nSPS) is 12.8. The van der Waals surface area contributed by atoms with E-state index in [0.29, 0.717) is 22.5 Å². The number of amides is 1. The minimum absolute atomic E-state index is 0.0329. The summed E-state index contributed by atoms with van der Waals surface area (Å²) in [6, 6.07) is 14.1. The second-order valence-corrected chi connectivity index (χ2v) is 5.85. The lowest BCUT2D eigenvalue weighted by molar-refractivity contribution is -0.112. The molecule has 4 N–H and O–H groups in total. The number of para-hydroxylation sites is 4. The van der Waals surface area contributed by atoms with Crippen LogP contribution in [-0.2, 0) is 4.79 Å². The predicted molar refractivity (Wildman–Crippen MR) is 111 cm³/mol. The first-order valence-electron chi connectivity index (χ1n) is 8.56. The van der Waals surface area contributed by atoms with E-state index in [1.807, 2.05) is 12.1 Å². The van der Waals surface area contributed by atoms with Crippen LogP contribution in [0.15, 0.2) is 74.3 Å². The average Bonchev–Trinajstić information content (AvgIpc) is 3.10. The number of aromatic nitrogens is 1. The van der Waals surface area contributed by atoms with E-state index < -0.39 is 5.91 Å². The first kappa shape index (κ1) is 19.6. The fourth-order valence-corrected chi connectivity index (χ4v) is 2.42. The molecule has 0 aliphatic carbocycles. The third-order valence-electron chi connectivity index (χ3n) is 3.81. The smallest absolute Gasteiger partial charge is 0.326 e. The number of aliphatic hydroxyl groups excluding tert-OH is 1. The maximum absolute atomic E-state index is 12.5. The van der Waals surface area contributed by atoms with E-state index >= 15 is 0 Å². The molecule has 0 saturated heterocycles. The Morgan fingerprint density at radius 1 is 1.24 bits per heavy atom. The maximum Gasteiger partial charge on any atom is 0.326 e. The molecular weight excluding hydrogens is 374 g/mol.